The highest BCUT2D eigenvalue weighted by molar-refractivity contribution is 5.90. The molecule has 0 radical (unpaired) electrons. The van der Waals surface area contributed by atoms with Gasteiger partial charge in [0.15, 0.2) is 0 Å². The molecule has 1 aromatic carbocycles. The molecule has 1 amide bonds. The molecule has 0 atom stereocenters. The molecule has 0 fully saturated rings. The van der Waals surface area contributed by atoms with E-state index in [2.05, 4.69) is 25.7 Å². The Balaban J connectivity index is 1.33. The number of pyridine rings is 1. The molecule has 10 heteroatoms. The molecule has 0 aliphatic rings. The molecule has 0 saturated carbocycles. The van der Waals surface area contributed by atoms with Crippen LogP contribution in [-0.4, -0.2) is 35.5 Å². The van der Waals surface area contributed by atoms with E-state index in [1.54, 1.807) is 36.5 Å². The van der Waals surface area contributed by atoms with Crippen molar-refractivity contribution in [1.82, 2.24) is 29.6 Å². The third kappa shape index (κ3) is 4.15. The van der Waals surface area contributed by atoms with E-state index in [1.165, 1.54) is 27.5 Å². The number of hydrogen-bond donors (Lipinski definition) is 1. The van der Waals surface area contributed by atoms with Crippen molar-refractivity contribution in [2.45, 2.75) is 19.4 Å². The zero-order valence-corrected chi connectivity index (χ0v) is 15.2. The van der Waals surface area contributed by atoms with Gasteiger partial charge in [-0.2, -0.15) is 4.80 Å². The Morgan fingerprint density at radius 3 is 2.79 bits per heavy atom. The first-order valence-corrected chi connectivity index (χ1v) is 8.90. The number of tetrazole rings is 1. The average molecular weight is 393 g/mol. The fourth-order valence-electron chi connectivity index (χ4n) is 2.76. The van der Waals surface area contributed by atoms with Crippen molar-refractivity contribution in [3.8, 4) is 11.4 Å². The van der Waals surface area contributed by atoms with E-state index in [0.717, 1.165) is 0 Å². The van der Waals surface area contributed by atoms with E-state index in [-0.39, 0.29) is 29.4 Å². The maximum atomic E-state index is 13.0. The van der Waals surface area contributed by atoms with Crippen LogP contribution in [0.5, 0.6) is 0 Å². The predicted octanol–water partition coefficient (Wildman–Crippen LogP) is 1.91. The largest absolute Gasteiger partial charge is 0.320 e. The van der Waals surface area contributed by atoms with Crippen molar-refractivity contribution >= 4 is 17.2 Å². The number of hydrogen-bond acceptors (Lipinski definition) is 6. The third-order valence-corrected chi connectivity index (χ3v) is 4.20. The lowest BCUT2D eigenvalue weighted by atomic mass is 10.2. The lowest BCUT2D eigenvalue weighted by Gasteiger charge is -2.06. The van der Waals surface area contributed by atoms with Gasteiger partial charge in [-0.3, -0.25) is 14.0 Å². The van der Waals surface area contributed by atoms with Crippen LogP contribution < -0.4 is 10.9 Å². The molecule has 0 unspecified atom stereocenters. The van der Waals surface area contributed by atoms with Gasteiger partial charge in [0.1, 0.15) is 17.2 Å². The fraction of sp³-hybridized carbons (Fsp3) is 0.158. The molecule has 1 N–H and O–H groups in total. The van der Waals surface area contributed by atoms with Crippen LogP contribution in [0.1, 0.15) is 12.8 Å². The summed E-state index contributed by atoms with van der Waals surface area (Å²) in [6.45, 7) is 0.372. The van der Waals surface area contributed by atoms with E-state index in [9.17, 15) is 14.0 Å². The quantitative estimate of drug-likeness (QED) is 0.536. The summed E-state index contributed by atoms with van der Waals surface area (Å²) in [6, 6.07) is 11.0. The summed E-state index contributed by atoms with van der Waals surface area (Å²) >= 11 is 0. The molecule has 4 aromatic rings. The van der Waals surface area contributed by atoms with E-state index in [1.807, 2.05) is 0 Å². The zero-order chi connectivity index (χ0) is 20.2. The van der Waals surface area contributed by atoms with Crippen LogP contribution in [0.15, 0.2) is 59.7 Å². The first-order valence-electron chi connectivity index (χ1n) is 8.90. The number of aromatic nitrogens is 6. The Kier molecular flexibility index (Phi) is 5.06. The fourth-order valence-corrected chi connectivity index (χ4v) is 2.76. The van der Waals surface area contributed by atoms with Crippen molar-refractivity contribution in [2.24, 2.45) is 0 Å². The molecule has 0 bridgehead atoms. The predicted molar refractivity (Wildman–Crippen MR) is 103 cm³/mol. The number of amides is 1. The van der Waals surface area contributed by atoms with Gasteiger partial charge in [-0.15, -0.1) is 10.2 Å². The van der Waals surface area contributed by atoms with Crippen molar-refractivity contribution < 1.29 is 9.18 Å². The van der Waals surface area contributed by atoms with Crippen molar-refractivity contribution in [1.29, 1.82) is 0 Å². The number of fused-ring (bicyclic) bond motifs is 1. The van der Waals surface area contributed by atoms with Gasteiger partial charge >= 0.3 is 0 Å². The van der Waals surface area contributed by atoms with Gasteiger partial charge in [0.25, 0.3) is 5.56 Å². The molecular weight excluding hydrogens is 377 g/mol. The van der Waals surface area contributed by atoms with E-state index in [4.69, 9.17) is 0 Å². The summed E-state index contributed by atoms with van der Waals surface area (Å²) in [5.41, 5.74) is 0.936. The monoisotopic (exact) mass is 393 g/mol. The summed E-state index contributed by atoms with van der Waals surface area (Å²) in [5.74, 6) is -0.267. The average Bonchev–Trinajstić information content (AvgIpc) is 3.20. The number of nitrogens with one attached hydrogen (secondary N) is 1. The maximum Gasteiger partial charge on any atom is 0.281 e. The Hall–Kier alpha value is -3.95. The minimum absolute atomic E-state index is 0.121. The highest BCUT2D eigenvalue weighted by atomic mass is 19.1. The first kappa shape index (κ1) is 18.4. The van der Waals surface area contributed by atoms with Gasteiger partial charge in [0, 0.05) is 18.2 Å². The SMILES string of the molecule is O=C(CCCn1nnc(-c2ccc(F)cc2)n1)Nc1cnc2ccccn2c1=O. The van der Waals surface area contributed by atoms with Crippen LogP contribution in [0.2, 0.25) is 0 Å². The second-order valence-corrected chi connectivity index (χ2v) is 6.27. The number of carbonyl (C=O) groups is 1. The van der Waals surface area contributed by atoms with Gasteiger partial charge in [0.05, 0.1) is 12.7 Å². The van der Waals surface area contributed by atoms with Crippen LogP contribution in [0.3, 0.4) is 0 Å². The zero-order valence-electron chi connectivity index (χ0n) is 15.2. The second-order valence-electron chi connectivity index (χ2n) is 6.27. The molecule has 0 saturated heterocycles. The standard InChI is InChI=1S/C19H16FN7O2/c20-14-8-6-13(7-9-14)18-23-25-27(24-18)11-3-5-17(28)22-15-12-21-16-4-1-2-10-26(16)19(15)29/h1-2,4,6-10,12H,3,5,11H2,(H,22,28). The number of benzene rings is 1. The molecule has 29 heavy (non-hydrogen) atoms. The molecular formula is C19H16FN7O2. The highest BCUT2D eigenvalue weighted by Crippen LogP contribution is 2.13. The molecule has 0 aliphatic heterocycles. The smallest absolute Gasteiger partial charge is 0.281 e. The lowest BCUT2D eigenvalue weighted by Crippen LogP contribution is -2.23. The number of rotatable bonds is 6. The van der Waals surface area contributed by atoms with Gasteiger partial charge in [0.2, 0.25) is 11.7 Å². The number of aryl methyl sites for hydroxylation is 1. The Morgan fingerprint density at radius 2 is 1.97 bits per heavy atom. The highest BCUT2D eigenvalue weighted by Gasteiger charge is 2.10. The number of carbonyl (C=O) groups excluding carboxylic acids is 1. The van der Waals surface area contributed by atoms with Crippen LogP contribution >= 0.6 is 0 Å². The number of nitrogens with zero attached hydrogens (tertiary/aromatic N) is 6. The van der Waals surface area contributed by atoms with Gasteiger partial charge in [-0.25, -0.2) is 9.37 Å². The summed E-state index contributed by atoms with van der Waals surface area (Å²) in [5, 5.41) is 14.7. The Bertz CT molecular complexity index is 1220. The Labute approximate surface area is 163 Å². The van der Waals surface area contributed by atoms with Crippen LogP contribution in [-0.2, 0) is 11.3 Å². The van der Waals surface area contributed by atoms with E-state index >= 15 is 0 Å². The van der Waals surface area contributed by atoms with Crippen molar-refractivity contribution in [2.75, 3.05) is 5.32 Å². The van der Waals surface area contributed by atoms with Gasteiger partial charge in [-0.05, 0) is 48.0 Å². The number of halogens is 1. The van der Waals surface area contributed by atoms with Crippen molar-refractivity contribution in [3.63, 3.8) is 0 Å². The van der Waals surface area contributed by atoms with E-state index < -0.39 is 0 Å². The minimum atomic E-state index is -0.342. The number of anilines is 1. The molecule has 0 aliphatic carbocycles. The third-order valence-electron chi connectivity index (χ3n) is 4.20. The maximum absolute atomic E-state index is 13.0. The topological polar surface area (TPSA) is 107 Å². The van der Waals surface area contributed by atoms with Gasteiger partial charge < -0.3 is 5.32 Å². The Morgan fingerprint density at radius 1 is 1.14 bits per heavy atom. The van der Waals surface area contributed by atoms with Crippen LogP contribution in [0, 0.1) is 5.82 Å². The summed E-state index contributed by atoms with van der Waals surface area (Å²) in [6.07, 6.45) is 3.57. The summed E-state index contributed by atoms with van der Waals surface area (Å²) in [7, 11) is 0. The molecule has 9 nitrogen and oxygen atoms in total. The second kappa shape index (κ2) is 7.97. The first-order chi connectivity index (χ1) is 14.1. The van der Waals surface area contributed by atoms with E-state index in [0.29, 0.717) is 30.0 Å². The van der Waals surface area contributed by atoms with Crippen LogP contribution in [0.25, 0.3) is 17.0 Å². The van der Waals surface area contributed by atoms with Crippen molar-refractivity contribution in [3.05, 3.63) is 71.0 Å². The summed E-state index contributed by atoms with van der Waals surface area (Å²) in [4.78, 5) is 30.1. The van der Waals surface area contributed by atoms with Gasteiger partial charge in [-0.1, -0.05) is 6.07 Å². The van der Waals surface area contributed by atoms with Crippen LogP contribution in [0.4, 0.5) is 10.1 Å². The minimum Gasteiger partial charge on any atom is -0.320 e. The molecule has 146 valence electrons. The molecule has 4 rings (SSSR count). The summed E-state index contributed by atoms with van der Waals surface area (Å²) < 4.78 is 14.4. The molecule has 3 heterocycles. The normalized spacial score (nSPS) is 10.9. The lowest BCUT2D eigenvalue weighted by molar-refractivity contribution is -0.116. The molecule has 3 aromatic heterocycles. The molecule has 0 spiro atoms.